The van der Waals surface area contributed by atoms with E-state index < -0.39 is 18.3 Å². The molecule has 0 fully saturated rings. The predicted octanol–water partition coefficient (Wildman–Crippen LogP) is 0.561. The molecule has 70 valence electrons. The van der Waals surface area contributed by atoms with Crippen LogP contribution in [0.1, 0.15) is 0 Å². The monoisotopic (exact) mass is 184 g/mol. The SMILES string of the molecule is O=C(O)COc1cccc(O)c1O. The molecule has 0 radical (unpaired) electrons. The number of aromatic hydroxyl groups is 2. The molecule has 0 saturated carbocycles. The lowest BCUT2D eigenvalue weighted by molar-refractivity contribution is -0.139. The van der Waals surface area contributed by atoms with Crippen LogP contribution in [-0.2, 0) is 4.79 Å². The molecule has 13 heavy (non-hydrogen) atoms. The van der Waals surface area contributed by atoms with Gasteiger partial charge in [-0.2, -0.15) is 0 Å². The van der Waals surface area contributed by atoms with Gasteiger partial charge in [-0.05, 0) is 12.1 Å². The molecule has 0 aliphatic carbocycles. The van der Waals surface area contributed by atoms with Gasteiger partial charge in [-0.3, -0.25) is 0 Å². The van der Waals surface area contributed by atoms with Crippen molar-refractivity contribution in [2.24, 2.45) is 0 Å². The second-order valence-corrected chi connectivity index (χ2v) is 2.31. The first-order valence-electron chi connectivity index (χ1n) is 3.47. The smallest absolute Gasteiger partial charge is 0.341 e. The molecule has 3 N–H and O–H groups in total. The van der Waals surface area contributed by atoms with Gasteiger partial charge in [0.15, 0.2) is 18.1 Å². The third-order valence-corrected chi connectivity index (χ3v) is 1.33. The van der Waals surface area contributed by atoms with E-state index in [4.69, 9.17) is 15.3 Å². The van der Waals surface area contributed by atoms with Crippen molar-refractivity contribution in [3.63, 3.8) is 0 Å². The first-order valence-corrected chi connectivity index (χ1v) is 3.47. The summed E-state index contributed by atoms with van der Waals surface area (Å²) in [6, 6.07) is 4.06. The molecule has 0 saturated heterocycles. The maximum Gasteiger partial charge on any atom is 0.341 e. The molecule has 0 bridgehead atoms. The van der Waals surface area contributed by atoms with Crippen molar-refractivity contribution in [1.82, 2.24) is 0 Å². The van der Waals surface area contributed by atoms with Crippen LogP contribution in [0.25, 0.3) is 0 Å². The van der Waals surface area contributed by atoms with E-state index in [0.29, 0.717) is 0 Å². The van der Waals surface area contributed by atoms with Crippen molar-refractivity contribution in [2.45, 2.75) is 0 Å². The molecule has 1 aromatic rings. The summed E-state index contributed by atoms with van der Waals surface area (Å²) < 4.78 is 4.67. The van der Waals surface area contributed by atoms with E-state index in [0.717, 1.165) is 0 Å². The zero-order valence-corrected chi connectivity index (χ0v) is 6.60. The number of carbonyl (C=O) groups is 1. The maximum absolute atomic E-state index is 10.1. The number of phenolic OH excluding ortho intramolecular Hbond substituents is 2. The van der Waals surface area contributed by atoms with Crippen molar-refractivity contribution in [3.8, 4) is 17.2 Å². The lowest BCUT2D eigenvalue weighted by atomic mass is 10.3. The summed E-state index contributed by atoms with van der Waals surface area (Å²) in [7, 11) is 0. The Morgan fingerprint density at radius 2 is 2.08 bits per heavy atom. The number of para-hydroxylation sites is 1. The zero-order chi connectivity index (χ0) is 9.84. The number of ether oxygens (including phenoxy) is 1. The summed E-state index contributed by atoms with van der Waals surface area (Å²) in [5.74, 6) is -2.00. The lowest BCUT2D eigenvalue weighted by Gasteiger charge is -2.05. The molecule has 1 rings (SSSR count). The van der Waals surface area contributed by atoms with Crippen molar-refractivity contribution >= 4 is 5.97 Å². The van der Waals surface area contributed by atoms with Crippen LogP contribution in [0.3, 0.4) is 0 Å². The fourth-order valence-corrected chi connectivity index (χ4v) is 0.767. The minimum absolute atomic E-state index is 0.0533. The lowest BCUT2D eigenvalue weighted by Crippen LogP contribution is -2.09. The van der Waals surface area contributed by atoms with Crippen LogP contribution in [0.15, 0.2) is 18.2 Å². The van der Waals surface area contributed by atoms with Gasteiger partial charge >= 0.3 is 5.97 Å². The van der Waals surface area contributed by atoms with Gasteiger partial charge in [0.05, 0.1) is 0 Å². The Morgan fingerprint density at radius 1 is 1.38 bits per heavy atom. The molecule has 0 amide bonds. The molecule has 0 aliphatic heterocycles. The second-order valence-electron chi connectivity index (χ2n) is 2.31. The Labute approximate surface area is 73.8 Å². The average Bonchev–Trinajstić information content (AvgIpc) is 2.07. The summed E-state index contributed by atoms with van der Waals surface area (Å²) >= 11 is 0. The highest BCUT2D eigenvalue weighted by atomic mass is 16.5. The standard InChI is InChI=1S/C8H8O5/c9-5-2-1-3-6(8(5)12)13-4-7(10)11/h1-3,9,12H,4H2,(H,10,11). The molecule has 0 spiro atoms. The third-order valence-electron chi connectivity index (χ3n) is 1.33. The molecule has 5 heteroatoms. The maximum atomic E-state index is 10.1. The largest absolute Gasteiger partial charge is 0.504 e. The van der Waals surface area contributed by atoms with Gasteiger partial charge in [-0.25, -0.2) is 4.79 Å². The first kappa shape index (κ1) is 9.18. The molecule has 1 aromatic carbocycles. The average molecular weight is 184 g/mol. The van der Waals surface area contributed by atoms with Crippen LogP contribution in [0, 0.1) is 0 Å². The molecular weight excluding hydrogens is 176 g/mol. The second kappa shape index (κ2) is 3.66. The van der Waals surface area contributed by atoms with Crippen LogP contribution in [0.5, 0.6) is 17.2 Å². The fourth-order valence-electron chi connectivity index (χ4n) is 0.767. The van der Waals surface area contributed by atoms with Gasteiger partial charge in [-0.1, -0.05) is 6.07 Å². The number of hydrogen-bond donors (Lipinski definition) is 3. The quantitative estimate of drug-likeness (QED) is 0.597. The van der Waals surface area contributed by atoms with E-state index in [1.165, 1.54) is 18.2 Å². The topological polar surface area (TPSA) is 87.0 Å². The Morgan fingerprint density at radius 3 is 2.69 bits per heavy atom. The van der Waals surface area contributed by atoms with Crippen molar-refractivity contribution in [1.29, 1.82) is 0 Å². The Hall–Kier alpha value is -1.91. The van der Waals surface area contributed by atoms with Crippen molar-refractivity contribution < 1.29 is 24.9 Å². The predicted molar refractivity (Wildman–Crippen MR) is 42.9 cm³/mol. The fraction of sp³-hybridized carbons (Fsp3) is 0.125. The first-order chi connectivity index (χ1) is 6.11. The normalized spacial score (nSPS) is 9.54. The third kappa shape index (κ3) is 2.26. The Bertz CT molecular complexity index is 320. The number of carboxylic acids is 1. The van der Waals surface area contributed by atoms with Crippen LogP contribution in [0.4, 0.5) is 0 Å². The van der Waals surface area contributed by atoms with E-state index >= 15 is 0 Å². The van der Waals surface area contributed by atoms with Crippen LogP contribution >= 0.6 is 0 Å². The van der Waals surface area contributed by atoms with E-state index in [9.17, 15) is 4.79 Å². The van der Waals surface area contributed by atoms with E-state index in [2.05, 4.69) is 4.74 Å². The molecule has 0 aliphatic rings. The Balaban J connectivity index is 2.77. The summed E-state index contributed by atoms with van der Waals surface area (Å²) in [6.07, 6.45) is 0. The van der Waals surface area contributed by atoms with Gasteiger partial charge in [0.25, 0.3) is 0 Å². The van der Waals surface area contributed by atoms with Gasteiger partial charge in [0.1, 0.15) is 0 Å². The van der Waals surface area contributed by atoms with Crippen LogP contribution in [-0.4, -0.2) is 27.9 Å². The van der Waals surface area contributed by atoms with E-state index in [1.807, 2.05) is 0 Å². The number of hydrogen-bond acceptors (Lipinski definition) is 4. The molecule has 0 heterocycles. The van der Waals surface area contributed by atoms with Gasteiger partial charge < -0.3 is 20.1 Å². The molecule has 0 aromatic heterocycles. The summed E-state index contributed by atoms with van der Waals surface area (Å²) in [4.78, 5) is 10.1. The van der Waals surface area contributed by atoms with E-state index in [-0.39, 0.29) is 11.5 Å². The highest BCUT2D eigenvalue weighted by Crippen LogP contribution is 2.34. The molecule has 5 nitrogen and oxygen atoms in total. The molecule has 0 atom stereocenters. The number of aliphatic carboxylic acids is 1. The van der Waals surface area contributed by atoms with Crippen LogP contribution < -0.4 is 4.74 Å². The summed E-state index contributed by atoms with van der Waals surface area (Å²) in [5, 5.41) is 26.4. The van der Waals surface area contributed by atoms with E-state index in [1.54, 1.807) is 0 Å². The molecular formula is C8H8O5. The highest BCUT2D eigenvalue weighted by Gasteiger charge is 2.07. The van der Waals surface area contributed by atoms with Crippen molar-refractivity contribution in [2.75, 3.05) is 6.61 Å². The zero-order valence-electron chi connectivity index (χ0n) is 6.60. The number of benzene rings is 1. The van der Waals surface area contributed by atoms with Gasteiger partial charge in [0.2, 0.25) is 5.75 Å². The minimum atomic E-state index is -1.15. The summed E-state index contributed by atoms with van der Waals surface area (Å²) in [6.45, 7) is -0.559. The Kier molecular flexibility index (Phi) is 2.59. The van der Waals surface area contributed by atoms with Gasteiger partial charge in [-0.15, -0.1) is 0 Å². The minimum Gasteiger partial charge on any atom is -0.504 e. The highest BCUT2D eigenvalue weighted by molar-refractivity contribution is 5.68. The number of rotatable bonds is 3. The number of carboxylic acid groups (broad SMARTS) is 1. The van der Waals surface area contributed by atoms with Crippen molar-refractivity contribution in [3.05, 3.63) is 18.2 Å². The number of phenols is 2. The summed E-state index contributed by atoms with van der Waals surface area (Å²) in [5.41, 5.74) is 0. The molecule has 0 unspecified atom stereocenters. The van der Waals surface area contributed by atoms with Crippen LogP contribution in [0.2, 0.25) is 0 Å². The van der Waals surface area contributed by atoms with Gasteiger partial charge in [0, 0.05) is 0 Å².